The predicted octanol–water partition coefficient (Wildman–Crippen LogP) is 3.75. The van der Waals surface area contributed by atoms with Gasteiger partial charge in [0, 0.05) is 31.8 Å². The predicted molar refractivity (Wildman–Crippen MR) is 102 cm³/mol. The van der Waals surface area contributed by atoms with Crippen LogP contribution in [0.4, 0.5) is 5.69 Å². The van der Waals surface area contributed by atoms with Crippen LogP contribution < -0.4 is 4.90 Å². The van der Waals surface area contributed by atoms with Crippen molar-refractivity contribution in [3.63, 3.8) is 0 Å². The number of nitrogens with zero attached hydrogens (tertiary/aromatic N) is 2. The van der Waals surface area contributed by atoms with E-state index in [9.17, 15) is 9.59 Å². The van der Waals surface area contributed by atoms with Gasteiger partial charge in [-0.1, -0.05) is 24.3 Å². The van der Waals surface area contributed by atoms with E-state index < -0.39 is 0 Å². The minimum Gasteiger partial charge on any atom is -0.335 e. The van der Waals surface area contributed by atoms with Gasteiger partial charge in [0.2, 0.25) is 5.91 Å². The van der Waals surface area contributed by atoms with Crippen LogP contribution in [0.5, 0.6) is 0 Å². The molecule has 0 bridgehead atoms. The zero-order chi connectivity index (χ0) is 18.3. The monoisotopic (exact) mass is 348 g/mol. The molecule has 26 heavy (non-hydrogen) atoms. The van der Waals surface area contributed by atoms with Crippen molar-refractivity contribution < 1.29 is 9.59 Å². The molecule has 0 saturated heterocycles. The van der Waals surface area contributed by atoms with Crippen LogP contribution in [-0.2, 0) is 17.6 Å². The second-order valence-corrected chi connectivity index (χ2v) is 7.29. The van der Waals surface area contributed by atoms with E-state index in [0.29, 0.717) is 12.1 Å². The van der Waals surface area contributed by atoms with E-state index in [0.717, 1.165) is 36.9 Å². The summed E-state index contributed by atoms with van der Waals surface area (Å²) >= 11 is 0. The first-order valence-corrected chi connectivity index (χ1v) is 9.32. The van der Waals surface area contributed by atoms with Gasteiger partial charge in [0.25, 0.3) is 5.91 Å². The molecule has 4 heteroatoms. The summed E-state index contributed by atoms with van der Waals surface area (Å²) in [7, 11) is 1.91. The average Bonchev–Trinajstić information content (AvgIpc) is 3.10. The van der Waals surface area contributed by atoms with Crippen LogP contribution >= 0.6 is 0 Å². The first-order chi connectivity index (χ1) is 12.6. The third-order valence-electron chi connectivity index (χ3n) is 5.73. The molecule has 1 aliphatic heterocycles. The number of benzene rings is 2. The van der Waals surface area contributed by atoms with Gasteiger partial charge in [0.1, 0.15) is 0 Å². The molecule has 2 amide bonds. The van der Waals surface area contributed by atoms with Gasteiger partial charge in [0.05, 0.1) is 6.04 Å². The summed E-state index contributed by atoms with van der Waals surface area (Å²) < 4.78 is 0. The van der Waals surface area contributed by atoms with Gasteiger partial charge in [-0.2, -0.15) is 0 Å². The Kier molecular flexibility index (Phi) is 4.27. The SMILES string of the molecule is CC(=O)N1CCc2cc(C(=O)N(C)C3CCCc4ccccc43)ccc21. The third kappa shape index (κ3) is 2.79. The normalized spacial score (nSPS) is 18.2. The van der Waals surface area contributed by atoms with Crippen LogP contribution in [0.1, 0.15) is 52.9 Å². The van der Waals surface area contributed by atoms with Crippen LogP contribution in [0.3, 0.4) is 0 Å². The molecule has 0 N–H and O–H groups in total. The fourth-order valence-electron chi connectivity index (χ4n) is 4.34. The van der Waals surface area contributed by atoms with Crippen molar-refractivity contribution in [3.05, 3.63) is 64.7 Å². The number of anilines is 1. The van der Waals surface area contributed by atoms with Gasteiger partial charge >= 0.3 is 0 Å². The van der Waals surface area contributed by atoms with E-state index in [4.69, 9.17) is 0 Å². The molecule has 0 spiro atoms. The summed E-state index contributed by atoms with van der Waals surface area (Å²) in [6.07, 6.45) is 4.01. The topological polar surface area (TPSA) is 40.6 Å². The molecule has 1 atom stereocenters. The van der Waals surface area contributed by atoms with Crippen LogP contribution in [0, 0.1) is 0 Å². The maximum Gasteiger partial charge on any atom is 0.254 e. The Hall–Kier alpha value is -2.62. The number of rotatable bonds is 2. The standard InChI is InChI=1S/C22H24N2O2/c1-15(25)24-13-12-17-14-18(10-11-20(17)24)22(26)23(2)21-9-5-7-16-6-3-4-8-19(16)21/h3-4,6,8,10-11,14,21H,5,7,9,12-13H2,1-2H3. The number of carbonyl (C=O) groups excluding carboxylic acids is 2. The number of aryl methyl sites for hydroxylation is 1. The van der Waals surface area contributed by atoms with Gasteiger partial charge in [-0.3, -0.25) is 9.59 Å². The summed E-state index contributed by atoms with van der Waals surface area (Å²) in [6.45, 7) is 2.29. The quantitative estimate of drug-likeness (QED) is 0.829. The highest BCUT2D eigenvalue weighted by Crippen LogP contribution is 2.35. The molecule has 2 aromatic rings. The van der Waals surface area contributed by atoms with Crippen molar-refractivity contribution in [2.45, 2.75) is 38.6 Å². The summed E-state index contributed by atoms with van der Waals surface area (Å²) in [5, 5.41) is 0. The molecular weight excluding hydrogens is 324 g/mol. The molecule has 4 nitrogen and oxygen atoms in total. The van der Waals surface area contributed by atoms with Crippen molar-refractivity contribution in [2.75, 3.05) is 18.5 Å². The van der Waals surface area contributed by atoms with Crippen LogP contribution in [-0.4, -0.2) is 30.3 Å². The van der Waals surface area contributed by atoms with Crippen molar-refractivity contribution >= 4 is 17.5 Å². The van der Waals surface area contributed by atoms with Crippen molar-refractivity contribution in [3.8, 4) is 0 Å². The number of hydrogen-bond donors (Lipinski definition) is 0. The molecule has 0 radical (unpaired) electrons. The summed E-state index contributed by atoms with van der Waals surface area (Å²) in [5.74, 6) is 0.106. The molecular formula is C22H24N2O2. The molecule has 134 valence electrons. The van der Waals surface area contributed by atoms with E-state index in [1.165, 1.54) is 11.1 Å². The molecule has 1 heterocycles. The smallest absolute Gasteiger partial charge is 0.254 e. The maximum absolute atomic E-state index is 13.1. The summed E-state index contributed by atoms with van der Waals surface area (Å²) in [6, 6.07) is 14.3. The number of fused-ring (bicyclic) bond motifs is 2. The molecule has 1 aliphatic carbocycles. The fourth-order valence-corrected chi connectivity index (χ4v) is 4.34. The first kappa shape index (κ1) is 16.8. The Labute approximate surface area is 154 Å². The molecule has 2 aromatic carbocycles. The Morgan fingerprint density at radius 3 is 2.69 bits per heavy atom. The van der Waals surface area contributed by atoms with E-state index in [1.807, 2.05) is 30.1 Å². The highest BCUT2D eigenvalue weighted by atomic mass is 16.2. The van der Waals surface area contributed by atoms with Gasteiger partial charge in [-0.15, -0.1) is 0 Å². The number of carbonyl (C=O) groups is 2. The summed E-state index contributed by atoms with van der Waals surface area (Å²) in [5.41, 5.74) is 5.37. The lowest BCUT2D eigenvalue weighted by molar-refractivity contribution is -0.116. The average molecular weight is 348 g/mol. The summed E-state index contributed by atoms with van der Waals surface area (Å²) in [4.78, 5) is 28.5. The van der Waals surface area contributed by atoms with Crippen molar-refractivity contribution in [1.29, 1.82) is 0 Å². The zero-order valence-corrected chi connectivity index (χ0v) is 15.4. The highest BCUT2D eigenvalue weighted by Gasteiger charge is 2.28. The molecule has 4 rings (SSSR count). The van der Waals surface area contributed by atoms with Gasteiger partial charge < -0.3 is 9.80 Å². The molecule has 0 fully saturated rings. The first-order valence-electron chi connectivity index (χ1n) is 9.32. The Bertz CT molecular complexity index is 874. The highest BCUT2D eigenvalue weighted by molar-refractivity contribution is 5.98. The lowest BCUT2D eigenvalue weighted by Gasteiger charge is -2.33. The minimum atomic E-state index is 0.0516. The second-order valence-electron chi connectivity index (χ2n) is 7.29. The van der Waals surface area contributed by atoms with Gasteiger partial charge in [-0.25, -0.2) is 0 Å². The number of hydrogen-bond acceptors (Lipinski definition) is 2. The fraction of sp³-hybridized carbons (Fsp3) is 0.364. The maximum atomic E-state index is 13.1. The lowest BCUT2D eigenvalue weighted by Crippen LogP contribution is -2.33. The van der Waals surface area contributed by atoms with Crippen LogP contribution in [0.2, 0.25) is 0 Å². The number of amides is 2. The largest absolute Gasteiger partial charge is 0.335 e. The van der Waals surface area contributed by atoms with Gasteiger partial charge in [0.15, 0.2) is 0 Å². The Morgan fingerprint density at radius 2 is 1.88 bits per heavy atom. The van der Waals surface area contributed by atoms with E-state index in [1.54, 1.807) is 11.8 Å². The lowest BCUT2D eigenvalue weighted by atomic mass is 9.87. The van der Waals surface area contributed by atoms with Crippen LogP contribution in [0.25, 0.3) is 0 Å². The minimum absolute atomic E-state index is 0.0516. The van der Waals surface area contributed by atoms with E-state index >= 15 is 0 Å². The Balaban J connectivity index is 1.60. The van der Waals surface area contributed by atoms with Crippen LogP contribution in [0.15, 0.2) is 42.5 Å². The second kappa shape index (κ2) is 6.60. The molecule has 2 aliphatic rings. The Morgan fingerprint density at radius 1 is 1.08 bits per heavy atom. The molecule has 0 saturated carbocycles. The van der Waals surface area contributed by atoms with Crippen molar-refractivity contribution in [2.24, 2.45) is 0 Å². The molecule has 0 aromatic heterocycles. The van der Waals surface area contributed by atoms with E-state index in [-0.39, 0.29) is 17.9 Å². The van der Waals surface area contributed by atoms with E-state index in [2.05, 4.69) is 24.3 Å². The molecule has 1 unspecified atom stereocenters. The third-order valence-corrected chi connectivity index (χ3v) is 5.73. The van der Waals surface area contributed by atoms with Crippen molar-refractivity contribution in [1.82, 2.24) is 4.90 Å². The zero-order valence-electron chi connectivity index (χ0n) is 15.4. The van der Waals surface area contributed by atoms with Gasteiger partial charge in [-0.05, 0) is 60.6 Å².